The minimum absolute atomic E-state index is 0.0361. The number of nitrogens with zero attached hydrogens (tertiary/aromatic N) is 2. The van der Waals surface area contributed by atoms with Crippen LogP contribution in [0.1, 0.15) is 23.0 Å². The normalized spacial score (nSPS) is 10.6. The Hall–Kier alpha value is -2.18. The number of methoxy groups -OCH3 is 1. The van der Waals surface area contributed by atoms with Crippen LogP contribution in [-0.4, -0.2) is 29.4 Å². The lowest BCUT2D eigenvalue weighted by atomic mass is 10.2. The SMILES string of the molecule is CCN(Cc1ccc(OC)cc1)C(=O)c1csc(-c2ccsc2)n1. The van der Waals surface area contributed by atoms with Crippen LogP contribution in [-0.2, 0) is 6.54 Å². The molecule has 0 aliphatic rings. The van der Waals surface area contributed by atoms with E-state index in [0.29, 0.717) is 18.8 Å². The predicted octanol–water partition coefficient (Wildman–Crippen LogP) is 4.54. The third-order valence-electron chi connectivity index (χ3n) is 3.69. The van der Waals surface area contributed by atoms with Crippen molar-refractivity contribution in [1.82, 2.24) is 9.88 Å². The lowest BCUT2D eigenvalue weighted by Crippen LogP contribution is -2.30. The molecule has 3 rings (SSSR count). The van der Waals surface area contributed by atoms with Gasteiger partial charge in [-0.25, -0.2) is 4.98 Å². The Morgan fingerprint density at radius 1 is 1.21 bits per heavy atom. The van der Waals surface area contributed by atoms with Gasteiger partial charge in [-0.15, -0.1) is 11.3 Å². The first-order chi connectivity index (χ1) is 11.7. The number of benzene rings is 1. The van der Waals surface area contributed by atoms with Crippen LogP contribution in [0.25, 0.3) is 10.6 Å². The van der Waals surface area contributed by atoms with Crippen LogP contribution in [0.2, 0.25) is 0 Å². The molecule has 1 amide bonds. The van der Waals surface area contributed by atoms with E-state index in [-0.39, 0.29) is 5.91 Å². The predicted molar refractivity (Wildman–Crippen MR) is 98.8 cm³/mol. The standard InChI is InChI=1S/C18H18N2O2S2/c1-3-20(10-13-4-6-15(22-2)7-5-13)18(21)16-12-24-17(19-16)14-8-9-23-11-14/h4-9,11-12H,3,10H2,1-2H3. The highest BCUT2D eigenvalue weighted by Gasteiger charge is 2.18. The minimum atomic E-state index is -0.0361. The van der Waals surface area contributed by atoms with Gasteiger partial charge in [0.1, 0.15) is 16.5 Å². The summed E-state index contributed by atoms with van der Waals surface area (Å²) in [7, 11) is 1.64. The number of hydrogen-bond acceptors (Lipinski definition) is 5. The van der Waals surface area contributed by atoms with Gasteiger partial charge in [-0.3, -0.25) is 4.79 Å². The molecule has 24 heavy (non-hydrogen) atoms. The average Bonchev–Trinajstić information content (AvgIpc) is 3.30. The molecule has 0 N–H and O–H groups in total. The molecule has 0 saturated heterocycles. The highest BCUT2D eigenvalue weighted by Crippen LogP contribution is 2.26. The fourth-order valence-corrected chi connectivity index (χ4v) is 3.84. The summed E-state index contributed by atoms with van der Waals surface area (Å²) in [5.41, 5.74) is 2.65. The lowest BCUT2D eigenvalue weighted by Gasteiger charge is -2.20. The number of ether oxygens (including phenoxy) is 1. The van der Waals surface area contributed by atoms with Crippen LogP contribution >= 0.6 is 22.7 Å². The molecule has 0 atom stereocenters. The van der Waals surface area contributed by atoms with E-state index in [1.165, 1.54) is 11.3 Å². The Morgan fingerprint density at radius 2 is 2.00 bits per heavy atom. The molecule has 0 spiro atoms. The molecule has 0 aliphatic heterocycles. The quantitative estimate of drug-likeness (QED) is 0.649. The maximum absolute atomic E-state index is 12.7. The van der Waals surface area contributed by atoms with Gasteiger partial charge in [0, 0.05) is 29.4 Å². The van der Waals surface area contributed by atoms with Crippen molar-refractivity contribution in [3.63, 3.8) is 0 Å². The van der Waals surface area contributed by atoms with Crippen molar-refractivity contribution in [2.75, 3.05) is 13.7 Å². The van der Waals surface area contributed by atoms with E-state index in [0.717, 1.165) is 21.9 Å². The Balaban J connectivity index is 1.73. The second-order valence-electron chi connectivity index (χ2n) is 5.22. The van der Waals surface area contributed by atoms with Gasteiger partial charge in [0.15, 0.2) is 0 Å². The molecular weight excluding hydrogens is 340 g/mol. The summed E-state index contributed by atoms with van der Waals surface area (Å²) in [5.74, 6) is 0.777. The molecule has 6 heteroatoms. The summed E-state index contributed by atoms with van der Waals surface area (Å²) in [5, 5.41) is 6.79. The fraction of sp³-hybridized carbons (Fsp3) is 0.222. The van der Waals surface area contributed by atoms with Gasteiger partial charge in [0.05, 0.1) is 7.11 Å². The molecule has 0 saturated carbocycles. The highest BCUT2D eigenvalue weighted by atomic mass is 32.1. The Labute approximate surface area is 149 Å². The van der Waals surface area contributed by atoms with Gasteiger partial charge in [0.2, 0.25) is 0 Å². The zero-order valence-corrected chi connectivity index (χ0v) is 15.2. The van der Waals surface area contributed by atoms with Crippen molar-refractivity contribution in [2.24, 2.45) is 0 Å². The Kier molecular flexibility index (Phi) is 5.27. The zero-order valence-electron chi connectivity index (χ0n) is 13.6. The van der Waals surface area contributed by atoms with Crippen molar-refractivity contribution in [3.8, 4) is 16.3 Å². The molecule has 3 aromatic rings. The van der Waals surface area contributed by atoms with Crippen LogP contribution in [0, 0.1) is 0 Å². The molecule has 2 aromatic heterocycles. The summed E-state index contributed by atoms with van der Waals surface area (Å²) < 4.78 is 5.17. The molecule has 0 bridgehead atoms. The summed E-state index contributed by atoms with van der Waals surface area (Å²) in [6.45, 7) is 3.17. The molecular formula is C18H18N2O2S2. The average molecular weight is 358 g/mol. The fourth-order valence-electron chi connectivity index (χ4n) is 2.33. The van der Waals surface area contributed by atoms with E-state index in [1.807, 2.05) is 53.4 Å². The summed E-state index contributed by atoms with van der Waals surface area (Å²) in [4.78, 5) is 19.0. The van der Waals surface area contributed by atoms with E-state index in [1.54, 1.807) is 23.3 Å². The number of thiophene rings is 1. The van der Waals surface area contributed by atoms with Gasteiger partial charge < -0.3 is 9.64 Å². The maximum Gasteiger partial charge on any atom is 0.273 e. The second-order valence-corrected chi connectivity index (χ2v) is 6.86. The third-order valence-corrected chi connectivity index (χ3v) is 5.27. The van der Waals surface area contributed by atoms with Gasteiger partial charge in [-0.2, -0.15) is 11.3 Å². The van der Waals surface area contributed by atoms with Crippen molar-refractivity contribution in [1.29, 1.82) is 0 Å². The van der Waals surface area contributed by atoms with E-state index in [9.17, 15) is 4.79 Å². The number of amides is 1. The van der Waals surface area contributed by atoms with Gasteiger partial charge >= 0.3 is 0 Å². The number of carbonyl (C=O) groups excluding carboxylic acids is 1. The topological polar surface area (TPSA) is 42.4 Å². The Morgan fingerprint density at radius 3 is 2.62 bits per heavy atom. The van der Waals surface area contributed by atoms with Gasteiger partial charge in [-0.05, 0) is 36.1 Å². The summed E-state index contributed by atoms with van der Waals surface area (Å²) in [6, 6.07) is 9.79. The van der Waals surface area contributed by atoms with E-state index in [2.05, 4.69) is 4.98 Å². The van der Waals surface area contributed by atoms with Crippen molar-refractivity contribution in [2.45, 2.75) is 13.5 Å². The first kappa shape index (κ1) is 16.7. The summed E-state index contributed by atoms with van der Waals surface area (Å²) in [6.07, 6.45) is 0. The van der Waals surface area contributed by atoms with Crippen molar-refractivity contribution >= 4 is 28.6 Å². The second kappa shape index (κ2) is 7.59. The monoisotopic (exact) mass is 358 g/mol. The largest absolute Gasteiger partial charge is 0.497 e. The molecule has 2 heterocycles. The van der Waals surface area contributed by atoms with Crippen molar-refractivity contribution in [3.05, 3.63) is 57.7 Å². The highest BCUT2D eigenvalue weighted by molar-refractivity contribution is 7.14. The molecule has 0 fully saturated rings. The van der Waals surface area contributed by atoms with Crippen LogP contribution in [0.3, 0.4) is 0 Å². The van der Waals surface area contributed by atoms with Crippen LogP contribution < -0.4 is 4.74 Å². The number of carbonyl (C=O) groups is 1. The Bertz CT molecular complexity index is 795. The summed E-state index contributed by atoms with van der Waals surface area (Å²) >= 11 is 3.13. The number of rotatable bonds is 6. The van der Waals surface area contributed by atoms with Crippen LogP contribution in [0.15, 0.2) is 46.5 Å². The molecule has 124 valence electrons. The first-order valence-electron chi connectivity index (χ1n) is 7.61. The number of thiazole rings is 1. The van der Waals surface area contributed by atoms with Gasteiger partial charge in [0.25, 0.3) is 5.91 Å². The zero-order chi connectivity index (χ0) is 16.9. The van der Waals surface area contributed by atoms with Crippen LogP contribution in [0.5, 0.6) is 5.75 Å². The molecule has 0 aliphatic carbocycles. The lowest BCUT2D eigenvalue weighted by molar-refractivity contribution is 0.0747. The van der Waals surface area contributed by atoms with Crippen molar-refractivity contribution < 1.29 is 9.53 Å². The number of aromatic nitrogens is 1. The molecule has 0 radical (unpaired) electrons. The van der Waals surface area contributed by atoms with Gasteiger partial charge in [-0.1, -0.05) is 12.1 Å². The number of hydrogen-bond donors (Lipinski definition) is 0. The van der Waals surface area contributed by atoms with E-state index >= 15 is 0 Å². The third kappa shape index (κ3) is 3.66. The molecule has 0 unspecified atom stereocenters. The van der Waals surface area contributed by atoms with E-state index in [4.69, 9.17) is 4.74 Å². The molecule has 4 nitrogen and oxygen atoms in total. The smallest absolute Gasteiger partial charge is 0.273 e. The van der Waals surface area contributed by atoms with Crippen LogP contribution in [0.4, 0.5) is 0 Å². The molecule has 1 aromatic carbocycles. The maximum atomic E-state index is 12.7. The van der Waals surface area contributed by atoms with E-state index < -0.39 is 0 Å². The minimum Gasteiger partial charge on any atom is -0.497 e. The first-order valence-corrected chi connectivity index (χ1v) is 9.43.